The van der Waals surface area contributed by atoms with E-state index in [1.165, 1.54) is 12.8 Å². The fourth-order valence-corrected chi connectivity index (χ4v) is 2.72. The van der Waals surface area contributed by atoms with Crippen molar-refractivity contribution in [2.75, 3.05) is 6.54 Å². The monoisotopic (exact) mass is 265 g/mol. The minimum Gasteiger partial charge on any atom is -0.307 e. The largest absolute Gasteiger partial charge is 0.307 e. The summed E-state index contributed by atoms with van der Waals surface area (Å²) in [7, 11) is 0. The van der Waals surface area contributed by atoms with Gasteiger partial charge in [0.2, 0.25) is 0 Å². The molecule has 3 nitrogen and oxygen atoms in total. The summed E-state index contributed by atoms with van der Waals surface area (Å²) in [6, 6.07) is 6.57. The number of hydrogen-bond donors (Lipinski definition) is 1. The van der Waals surface area contributed by atoms with Gasteiger partial charge in [-0.05, 0) is 47.4 Å². The number of halogens is 1. The fourth-order valence-electron chi connectivity index (χ4n) is 2.18. The van der Waals surface area contributed by atoms with Crippen molar-refractivity contribution in [3.8, 4) is 0 Å². The Kier molecular flexibility index (Phi) is 2.25. The summed E-state index contributed by atoms with van der Waals surface area (Å²) in [5, 5.41) is 3.47. The lowest BCUT2D eigenvalue weighted by Gasteiger charge is -2.10. The minimum atomic E-state index is 0.409. The lowest BCUT2D eigenvalue weighted by Crippen LogP contribution is -2.16. The van der Waals surface area contributed by atoms with E-state index in [1.54, 1.807) is 0 Å². The molecule has 1 saturated heterocycles. The highest BCUT2D eigenvalue weighted by molar-refractivity contribution is 9.10. The summed E-state index contributed by atoms with van der Waals surface area (Å²) in [5.41, 5.74) is 1.15. The smallest absolute Gasteiger partial charge is 0.131 e. The van der Waals surface area contributed by atoms with Crippen molar-refractivity contribution in [2.45, 2.75) is 18.9 Å². The van der Waals surface area contributed by atoms with Gasteiger partial charge in [-0.1, -0.05) is 6.07 Å². The predicted molar refractivity (Wildman–Crippen MR) is 62.9 cm³/mol. The number of aromatic nitrogens is 2. The highest BCUT2D eigenvalue weighted by atomic mass is 79.9. The van der Waals surface area contributed by atoms with Crippen LogP contribution in [0.5, 0.6) is 0 Å². The first-order valence-corrected chi connectivity index (χ1v) is 6.01. The Morgan fingerprint density at radius 1 is 1.47 bits per heavy atom. The zero-order valence-corrected chi connectivity index (χ0v) is 9.87. The highest BCUT2D eigenvalue weighted by Crippen LogP contribution is 2.25. The standard InChI is InChI=1S/C11H12BrN3/c12-10-5-1-3-8-7-14-11(15(8)10)9-4-2-6-13-9/h1,3,5,7,9,13H,2,4,6H2. The Labute approximate surface area is 96.6 Å². The first-order chi connectivity index (χ1) is 7.36. The van der Waals surface area contributed by atoms with Crippen LogP contribution in [0.15, 0.2) is 29.0 Å². The molecule has 1 fully saturated rings. The SMILES string of the molecule is Brc1cccc2cnc(C3CCCN3)n12. The van der Waals surface area contributed by atoms with E-state index in [9.17, 15) is 0 Å². The maximum Gasteiger partial charge on any atom is 0.131 e. The molecular weight excluding hydrogens is 254 g/mol. The zero-order chi connectivity index (χ0) is 10.3. The van der Waals surface area contributed by atoms with Gasteiger partial charge in [0.25, 0.3) is 0 Å². The summed E-state index contributed by atoms with van der Waals surface area (Å²) in [5.74, 6) is 1.12. The molecule has 15 heavy (non-hydrogen) atoms. The van der Waals surface area contributed by atoms with Gasteiger partial charge in [0.15, 0.2) is 0 Å². The predicted octanol–water partition coefficient (Wildman–Crippen LogP) is 2.52. The topological polar surface area (TPSA) is 29.3 Å². The second kappa shape index (κ2) is 3.61. The molecule has 2 aromatic heterocycles. The number of fused-ring (bicyclic) bond motifs is 1. The van der Waals surface area contributed by atoms with Crippen molar-refractivity contribution in [1.29, 1.82) is 0 Å². The molecule has 0 bridgehead atoms. The molecule has 0 aliphatic carbocycles. The number of nitrogens with zero attached hydrogens (tertiary/aromatic N) is 2. The fraction of sp³-hybridized carbons (Fsp3) is 0.364. The molecule has 0 saturated carbocycles. The summed E-state index contributed by atoms with van der Waals surface area (Å²) < 4.78 is 3.24. The number of nitrogens with one attached hydrogen (secondary N) is 1. The van der Waals surface area contributed by atoms with E-state index in [1.807, 2.05) is 18.3 Å². The van der Waals surface area contributed by atoms with E-state index in [0.717, 1.165) is 22.5 Å². The van der Waals surface area contributed by atoms with Gasteiger partial charge in [-0.25, -0.2) is 4.98 Å². The normalized spacial score (nSPS) is 21.3. The van der Waals surface area contributed by atoms with Crippen LogP contribution in [0.2, 0.25) is 0 Å². The molecule has 3 rings (SSSR count). The summed E-state index contributed by atoms with van der Waals surface area (Å²) in [6.45, 7) is 1.10. The number of pyridine rings is 1. The minimum absolute atomic E-state index is 0.409. The van der Waals surface area contributed by atoms with Crippen molar-refractivity contribution >= 4 is 21.4 Å². The number of imidazole rings is 1. The molecule has 0 amide bonds. The molecule has 4 heteroatoms. The third kappa shape index (κ3) is 1.48. The van der Waals surface area contributed by atoms with Gasteiger partial charge in [0.1, 0.15) is 5.82 Å². The molecule has 1 atom stereocenters. The Hall–Kier alpha value is -0.870. The van der Waals surface area contributed by atoms with Crippen molar-refractivity contribution < 1.29 is 0 Å². The van der Waals surface area contributed by atoms with Crippen molar-refractivity contribution in [3.63, 3.8) is 0 Å². The first kappa shape index (κ1) is 9.36. The van der Waals surface area contributed by atoms with E-state index in [4.69, 9.17) is 0 Å². The summed E-state index contributed by atoms with van der Waals surface area (Å²) in [4.78, 5) is 4.51. The van der Waals surface area contributed by atoms with Crippen LogP contribution in [0.25, 0.3) is 5.52 Å². The van der Waals surface area contributed by atoms with E-state index >= 15 is 0 Å². The molecule has 0 radical (unpaired) electrons. The number of hydrogen-bond acceptors (Lipinski definition) is 2. The highest BCUT2D eigenvalue weighted by Gasteiger charge is 2.21. The van der Waals surface area contributed by atoms with Gasteiger partial charge in [-0.2, -0.15) is 0 Å². The van der Waals surface area contributed by atoms with Crippen LogP contribution in [0.1, 0.15) is 24.7 Å². The van der Waals surface area contributed by atoms with Crippen LogP contribution in [0.3, 0.4) is 0 Å². The van der Waals surface area contributed by atoms with Gasteiger partial charge in [-0.3, -0.25) is 4.40 Å². The van der Waals surface area contributed by atoms with Gasteiger partial charge < -0.3 is 5.32 Å². The van der Waals surface area contributed by atoms with Crippen molar-refractivity contribution in [3.05, 3.63) is 34.8 Å². The molecule has 1 N–H and O–H groups in total. The van der Waals surface area contributed by atoms with Crippen LogP contribution in [0.4, 0.5) is 0 Å². The van der Waals surface area contributed by atoms with Gasteiger partial charge in [0, 0.05) is 0 Å². The van der Waals surface area contributed by atoms with E-state index < -0.39 is 0 Å². The summed E-state index contributed by atoms with van der Waals surface area (Å²) in [6.07, 6.45) is 4.35. The molecule has 0 spiro atoms. The maximum absolute atomic E-state index is 4.51. The zero-order valence-electron chi connectivity index (χ0n) is 8.28. The second-order valence-electron chi connectivity index (χ2n) is 3.87. The third-order valence-electron chi connectivity index (χ3n) is 2.90. The lowest BCUT2D eigenvalue weighted by atomic mass is 10.2. The average Bonchev–Trinajstić information content (AvgIpc) is 2.85. The summed E-state index contributed by atoms with van der Waals surface area (Å²) >= 11 is 3.57. The Morgan fingerprint density at radius 2 is 2.40 bits per heavy atom. The van der Waals surface area contributed by atoms with Gasteiger partial charge in [0.05, 0.1) is 22.4 Å². The molecule has 3 heterocycles. The average molecular weight is 266 g/mol. The van der Waals surface area contributed by atoms with E-state index in [0.29, 0.717) is 6.04 Å². The quantitative estimate of drug-likeness (QED) is 0.804. The Morgan fingerprint density at radius 3 is 3.20 bits per heavy atom. The van der Waals surface area contributed by atoms with Crippen molar-refractivity contribution in [2.24, 2.45) is 0 Å². The Balaban J connectivity index is 2.18. The van der Waals surface area contributed by atoms with Gasteiger partial charge >= 0.3 is 0 Å². The van der Waals surface area contributed by atoms with Crippen LogP contribution in [0, 0.1) is 0 Å². The second-order valence-corrected chi connectivity index (χ2v) is 4.69. The van der Waals surface area contributed by atoms with E-state index in [-0.39, 0.29) is 0 Å². The molecule has 1 aliphatic heterocycles. The van der Waals surface area contributed by atoms with E-state index in [2.05, 4.69) is 36.7 Å². The molecule has 1 aliphatic rings. The molecular formula is C11H12BrN3. The third-order valence-corrected chi connectivity index (χ3v) is 3.52. The maximum atomic E-state index is 4.51. The molecule has 1 unspecified atom stereocenters. The molecule has 78 valence electrons. The van der Waals surface area contributed by atoms with Crippen molar-refractivity contribution in [1.82, 2.24) is 14.7 Å². The van der Waals surface area contributed by atoms with Crippen LogP contribution < -0.4 is 5.32 Å². The molecule has 2 aromatic rings. The lowest BCUT2D eigenvalue weighted by molar-refractivity contribution is 0.601. The van der Waals surface area contributed by atoms with Crippen LogP contribution in [-0.2, 0) is 0 Å². The molecule has 0 aromatic carbocycles. The van der Waals surface area contributed by atoms with Crippen LogP contribution in [-0.4, -0.2) is 15.9 Å². The Bertz CT molecular complexity index is 486. The van der Waals surface area contributed by atoms with Gasteiger partial charge in [-0.15, -0.1) is 0 Å². The number of rotatable bonds is 1. The van der Waals surface area contributed by atoms with Crippen LogP contribution >= 0.6 is 15.9 Å². The first-order valence-electron chi connectivity index (χ1n) is 5.21.